The molecule has 0 aliphatic heterocycles. The second-order valence-electron chi connectivity index (χ2n) is 7.01. The maximum atomic E-state index is 13.5. The number of rotatable bonds is 7. The van der Waals surface area contributed by atoms with E-state index in [1.165, 1.54) is 24.5 Å². The lowest BCUT2D eigenvalue weighted by atomic mass is 10.1. The van der Waals surface area contributed by atoms with E-state index in [1.807, 2.05) is 6.92 Å². The van der Waals surface area contributed by atoms with Crippen molar-refractivity contribution >= 4 is 17.4 Å². The lowest BCUT2D eigenvalue weighted by Crippen LogP contribution is -2.41. The second-order valence-corrected chi connectivity index (χ2v) is 7.01. The van der Waals surface area contributed by atoms with Crippen LogP contribution in [-0.4, -0.2) is 15.5 Å². The van der Waals surface area contributed by atoms with Crippen LogP contribution in [0.3, 0.4) is 0 Å². The van der Waals surface area contributed by atoms with E-state index in [0.29, 0.717) is 12.8 Å². The third-order valence-corrected chi connectivity index (χ3v) is 4.82. The first kappa shape index (κ1) is 22.9. The molecule has 0 bridgehead atoms. The molecule has 32 heavy (non-hydrogen) atoms. The Bertz CT molecular complexity index is 1210. The van der Waals surface area contributed by atoms with Gasteiger partial charge in [-0.1, -0.05) is 25.5 Å². The smallest absolute Gasteiger partial charge is 0.417 e. The predicted molar refractivity (Wildman–Crippen MR) is 111 cm³/mol. The van der Waals surface area contributed by atoms with Gasteiger partial charge in [0.2, 0.25) is 0 Å². The Morgan fingerprint density at radius 1 is 1.19 bits per heavy atom. The van der Waals surface area contributed by atoms with Crippen LogP contribution < -0.4 is 21.9 Å². The Morgan fingerprint density at radius 2 is 1.91 bits per heavy atom. The number of nitrogens with two attached hydrogens (primary N) is 1. The van der Waals surface area contributed by atoms with Gasteiger partial charge in [-0.05, 0) is 30.7 Å². The number of nitrogens with one attached hydrogen (secondary N) is 1. The van der Waals surface area contributed by atoms with E-state index in [-0.39, 0.29) is 24.7 Å². The normalized spacial score (nSPS) is 11.5. The summed E-state index contributed by atoms with van der Waals surface area (Å²) in [5, 5.41) is 0. The van der Waals surface area contributed by atoms with Crippen molar-refractivity contribution in [3.63, 3.8) is 0 Å². The molecule has 170 valence electrons. The molecule has 0 fully saturated rings. The van der Waals surface area contributed by atoms with Gasteiger partial charge in [0.25, 0.3) is 11.5 Å². The number of unbranched alkanes of at least 4 members (excludes halogenated alkanes) is 1. The van der Waals surface area contributed by atoms with Crippen molar-refractivity contribution in [3.8, 4) is 0 Å². The molecule has 0 atom stereocenters. The highest BCUT2D eigenvalue weighted by Crippen LogP contribution is 2.33. The minimum absolute atomic E-state index is 0.160. The highest BCUT2D eigenvalue weighted by molar-refractivity contribution is 6.08. The number of carbonyl (C=O) groups excluding carboxylic acids is 1. The van der Waals surface area contributed by atoms with E-state index in [9.17, 15) is 27.6 Å². The minimum Gasteiger partial charge on any atom is -0.467 e. The molecular formula is C21H21F3N4O4. The number of nitrogen functional groups attached to an aromatic ring is 1. The first-order valence-corrected chi connectivity index (χ1v) is 9.78. The summed E-state index contributed by atoms with van der Waals surface area (Å²) in [6.45, 7) is 1.67. The van der Waals surface area contributed by atoms with Gasteiger partial charge in [-0.3, -0.25) is 24.0 Å². The number of furan rings is 1. The summed E-state index contributed by atoms with van der Waals surface area (Å²) in [4.78, 5) is 41.1. The van der Waals surface area contributed by atoms with Gasteiger partial charge in [0.1, 0.15) is 11.6 Å². The van der Waals surface area contributed by atoms with Gasteiger partial charge in [0.15, 0.2) is 5.69 Å². The van der Waals surface area contributed by atoms with Gasteiger partial charge in [0.05, 0.1) is 23.9 Å². The fourth-order valence-corrected chi connectivity index (χ4v) is 3.25. The Balaban J connectivity index is 2.21. The van der Waals surface area contributed by atoms with Gasteiger partial charge in [0, 0.05) is 6.54 Å². The highest BCUT2D eigenvalue weighted by Gasteiger charge is 2.37. The van der Waals surface area contributed by atoms with Crippen LogP contribution in [0.15, 0.2) is 56.7 Å². The number of aromatic nitrogens is 2. The van der Waals surface area contributed by atoms with Gasteiger partial charge in [-0.2, -0.15) is 13.2 Å². The van der Waals surface area contributed by atoms with Gasteiger partial charge in [-0.25, -0.2) is 4.79 Å². The molecule has 3 aromatic rings. The van der Waals surface area contributed by atoms with E-state index < -0.39 is 40.1 Å². The lowest BCUT2D eigenvalue weighted by Gasteiger charge is -2.25. The zero-order valence-corrected chi connectivity index (χ0v) is 17.1. The molecule has 11 heteroatoms. The van der Waals surface area contributed by atoms with Crippen LogP contribution in [0, 0.1) is 0 Å². The minimum atomic E-state index is -4.81. The molecule has 0 unspecified atom stereocenters. The maximum absolute atomic E-state index is 13.5. The molecule has 1 aromatic carbocycles. The van der Waals surface area contributed by atoms with E-state index >= 15 is 0 Å². The van der Waals surface area contributed by atoms with Crippen molar-refractivity contribution in [2.24, 2.45) is 0 Å². The zero-order chi connectivity index (χ0) is 23.5. The van der Waals surface area contributed by atoms with Crippen LogP contribution in [0.1, 0.15) is 41.4 Å². The summed E-state index contributed by atoms with van der Waals surface area (Å²) in [6, 6.07) is 7.24. The Labute approximate surface area is 180 Å². The van der Waals surface area contributed by atoms with Crippen molar-refractivity contribution < 1.29 is 22.4 Å². The molecule has 1 amide bonds. The zero-order valence-electron chi connectivity index (χ0n) is 17.1. The van der Waals surface area contributed by atoms with Gasteiger partial charge < -0.3 is 10.2 Å². The third kappa shape index (κ3) is 4.61. The molecule has 0 spiro atoms. The fraction of sp³-hybridized carbons (Fsp3) is 0.286. The highest BCUT2D eigenvalue weighted by atomic mass is 19.4. The molecule has 0 aliphatic rings. The second kappa shape index (κ2) is 9.16. The number of halogens is 3. The third-order valence-electron chi connectivity index (χ3n) is 4.82. The largest absolute Gasteiger partial charge is 0.467 e. The topological polar surface area (TPSA) is 114 Å². The number of benzene rings is 1. The van der Waals surface area contributed by atoms with E-state index in [0.717, 1.165) is 27.7 Å². The quantitative estimate of drug-likeness (QED) is 0.573. The number of alkyl halides is 3. The molecule has 0 radical (unpaired) electrons. The summed E-state index contributed by atoms with van der Waals surface area (Å²) >= 11 is 0. The van der Waals surface area contributed by atoms with Crippen LogP contribution in [0.2, 0.25) is 0 Å². The molecule has 8 nitrogen and oxygen atoms in total. The average molecular weight is 450 g/mol. The molecule has 3 N–H and O–H groups in total. The molecule has 2 heterocycles. The number of anilines is 2. The number of nitrogens with zero attached hydrogens (tertiary/aromatic N) is 2. The van der Waals surface area contributed by atoms with E-state index in [1.54, 1.807) is 0 Å². The SMILES string of the molecule is CCCCn1c(N)c(N(Cc2ccco2)C(=O)c2ccccc2C(F)(F)F)c(=O)[nH]c1=O. The van der Waals surface area contributed by atoms with Crippen LogP contribution in [0.4, 0.5) is 24.7 Å². The van der Waals surface area contributed by atoms with Gasteiger partial charge in [-0.15, -0.1) is 0 Å². The monoisotopic (exact) mass is 450 g/mol. The molecule has 0 saturated heterocycles. The Morgan fingerprint density at radius 3 is 2.53 bits per heavy atom. The van der Waals surface area contributed by atoms with Crippen LogP contribution in [0.25, 0.3) is 0 Å². The van der Waals surface area contributed by atoms with Crippen molar-refractivity contribution in [1.29, 1.82) is 0 Å². The first-order chi connectivity index (χ1) is 15.1. The number of H-pyrrole nitrogens is 1. The fourth-order valence-electron chi connectivity index (χ4n) is 3.25. The molecule has 2 aromatic heterocycles. The Hall–Kier alpha value is -3.76. The molecule has 0 aliphatic carbocycles. The molecular weight excluding hydrogens is 429 g/mol. The standard InChI is InChI=1S/C21H21F3N4O4/c1-2-3-10-27-17(25)16(18(29)26-20(27)31)28(12-13-7-6-11-32-13)19(30)14-8-4-5-9-15(14)21(22,23)24/h4-9,11H,2-3,10,12,25H2,1H3,(H,26,29,31). The average Bonchev–Trinajstić information content (AvgIpc) is 3.25. The summed E-state index contributed by atoms with van der Waals surface area (Å²) in [5.74, 6) is -1.24. The van der Waals surface area contributed by atoms with E-state index in [2.05, 4.69) is 4.98 Å². The summed E-state index contributed by atoms with van der Waals surface area (Å²) in [7, 11) is 0. The number of carbonyl (C=O) groups is 1. The summed E-state index contributed by atoms with van der Waals surface area (Å²) in [5.41, 5.74) is 2.06. The molecule has 3 rings (SSSR count). The summed E-state index contributed by atoms with van der Waals surface area (Å²) < 4.78 is 46.9. The number of amides is 1. The molecule has 0 saturated carbocycles. The van der Waals surface area contributed by atoms with Crippen molar-refractivity contribution in [2.45, 2.75) is 39.0 Å². The number of aromatic amines is 1. The van der Waals surface area contributed by atoms with Crippen LogP contribution in [0.5, 0.6) is 0 Å². The van der Waals surface area contributed by atoms with Gasteiger partial charge >= 0.3 is 11.9 Å². The Kier molecular flexibility index (Phi) is 6.56. The van der Waals surface area contributed by atoms with E-state index in [4.69, 9.17) is 10.2 Å². The van der Waals surface area contributed by atoms with Crippen LogP contribution >= 0.6 is 0 Å². The maximum Gasteiger partial charge on any atom is 0.417 e. The summed E-state index contributed by atoms with van der Waals surface area (Å²) in [6.07, 6.45) is -2.22. The number of hydrogen-bond acceptors (Lipinski definition) is 5. The van der Waals surface area contributed by atoms with Crippen molar-refractivity contribution in [1.82, 2.24) is 9.55 Å². The van der Waals surface area contributed by atoms with Crippen molar-refractivity contribution in [2.75, 3.05) is 10.6 Å². The van der Waals surface area contributed by atoms with Crippen molar-refractivity contribution in [3.05, 3.63) is 80.4 Å². The predicted octanol–water partition coefficient (Wildman–Crippen LogP) is 3.38. The van der Waals surface area contributed by atoms with Crippen LogP contribution in [-0.2, 0) is 19.3 Å². The lowest BCUT2D eigenvalue weighted by molar-refractivity contribution is -0.137. The first-order valence-electron chi connectivity index (χ1n) is 9.78. The number of hydrogen-bond donors (Lipinski definition) is 2.